The summed E-state index contributed by atoms with van der Waals surface area (Å²) in [5.74, 6) is -4.02. The largest absolute Gasteiger partial charge is 0.320 e. The zero-order chi connectivity index (χ0) is 15.0. The highest BCUT2D eigenvalue weighted by atomic mass is 19.2. The highest BCUT2D eigenvalue weighted by molar-refractivity contribution is 5.85. The van der Waals surface area contributed by atoms with Crippen molar-refractivity contribution in [2.75, 3.05) is 0 Å². The quantitative estimate of drug-likeness (QED) is 0.730. The molecule has 3 rings (SSSR count). The summed E-state index contributed by atoms with van der Waals surface area (Å²) >= 11 is 0. The molecule has 0 fully saturated rings. The van der Waals surface area contributed by atoms with Gasteiger partial charge in [-0.2, -0.15) is 0 Å². The van der Waals surface area contributed by atoms with Crippen molar-refractivity contribution < 1.29 is 13.2 Å². The molecule has 0 saturated heterocycles. The average Bonchev–Trinajstić information content (AvgIpc) is 2.51. The normalized spacial score (nSPS) is 12.6. The molecule has 1 heterocycles. The molecular formula is C16H11F3N2. The first-order valence-corrected chi connectivity index (χ1v) is 6.31. The maximum atomic E-state index is 13.9. The molecule has 0 aliphatic heterocycles. The number of rotatable bonds is 2. The molecule has 0 saturated carbocycles. The van der Waals surface area contributed by atoms with E-state index in [2.05, 4.69) is 4.98 Å². The summed E-state index contributed by atoms with van der Waals surface area (Å²) in [6.07, 6.45) is 3.17. The first-order valence-electron chi connectivity index (χ1n) is 6.31. The number of pyridine rings is 1. The molecule has 5 heteroatoms. The van der Waals surface area contributed by atoms with Crippen molar-refractivity contribution in [3.05, 3.63) is 77.4 Å². The highest BCUT2D eigenvalue weighted by Crippen LogP contribution is 2.29. The Morgan fingerprint density at radius 3 is 2.43 bits per heavy atom. The van der Waals surface area contributed by atoms with Crippen molar-refractivity contribution in [3.8, 4) is 0 Å². The van der Waals surface area contributed by atoms with Crippen LogP contribution in [-0.2, 0) is 0 Å². The van der Waals surface area contributed by atoms with Gasteiger partial charge in [0.1, 0.15) is 0 Å². The molecule has 3 aromatic rings. The molecular weight excluding hydrogens is 277 g/mol. The van der Waals surface area contributed by atoms with Gasteiger partial charge in [-0.3, -0.25) is 4.98 Å². The number of hydrogen-bond acceptors (Lipinski definition) is 2. The van der Waals surface area contributed by atoms with Gasteiger partial charge in [0.25, 0.3) is 0 Å². The predicted octanol–water partition coefficient (Wildman–Crippen LogP) is 3.70. The van der Waals surface area contributed by atoms with Crippen molar-refractivity contribution >= 4 is 10.8 Å². The zero-order valence-corrected chi connectivity index (χ0v) is 10.9. The van der Waals surface area contributed by atoms with E-state index < -0.39 is 23.5 Å². The van der Waals surface area contributed by atoms with Crippen molar-refractivity contribution in [2.45, 2.75) is 6.04 Å². The summed E-state index contributed by atoms with van der Waals surface area (Å²) in [6.45, 7) is 0. The van der Waals surface area contributed by atoms with Crippen LogP contribution in [0.5, 0.6) is 0 Å². The lowest BCUT2D eigenvalue weighted by atomic mass is 9.96. The molecule has 2 nitrogen and oxygen atoms in total. The summed E-state index contributed by atoms with van der Waals surface area (Å²) in [5, 5.41) is 1.64. The number of hydrogen-bond donors (Lipinski definition) is 1. The van der Waals surface area contributed by atoms with Crippen LogP contribution in [0.3, 0.4) is 0 Å². The molecule has 0 bridgehead atoms. The van der Waals surface area contributed by atoms with Gasteiger partial charge < -0.3 is 5.73 Å². The molecule has 0 spiro atoms. The monoisotopic (exact) mass is 288 g/mol. The second-order valence-corrected chi connectivity index (χ2v) is 4.69. The topological polar surface area (TPSA) is 38.9 Å². The predicted molar refractivity (Wildman–Crippen MR) is 74.1 cm³/mol. The molecule has 0 radical (unpaired) electrons. The van der Waals surface area contributed by atoms with Crippen LogP contribution in [0.4, 0.5) is 13.2 Å². The first-order chi connectivity index (χ1) is 10.1. The van der Waals surface area contributed by atoms with Crippen molar-refractivity contribution in [3.63, 3.8) is 0 Å². The van der Waals surface area contributed by atoms with E-state index in [1.54, 1.807) is 6.20 Å². The van der Waals surface area contributed by atoms with Gasteiger partial charge in [-0.25, -0.2) is 13.2 Å². The number of nitrogens with two attached hydrogens (primary N) is 1. The number of halogens is 3. The van der Waals surface area contributed by atoms with Crippen molar-refractivity contribution in [2.24, 2.45) is 5.73 Å². The fourth-order valence-electron chi connectivity index (χ4n) is 2.34. The highest BCUT2D eigenvalue weighted by Gasteiger charge is 2.20. The van der Waals surface area contributed by atoms with Crippen LogP contribution in [0, 0.1) is 17.5 Å². The number of aromatic nitrogens is 1. The van der Waals surface area contributed by atoms with Crippen LogP contribution < -0.4 is 5.73 Å². The molecule has 21 heavy (non-hydrogen) atoms. The SMILES string of the molecule is NC(c1ccc(F)c(F)c1F)c1cncc2ccccc12. The van der Waals surface area contributed by atoms with Crippen LogP contribution in [-0.4, -0.2) is 4.98 Å². The second-order valence-electron chi connectivity index (χ2n) is 4.69. The van der Waals surface area contributed by atoms with Gasteiger partial charge in [0.05, 0.1) is 6.04 Å². The molecule has 0 amide bonds. The van der Waals surface area contributed by atoms with Gasteiger partial charge in [0, 0.05) is 23.3 Å². The smallest absolute Gasteiger partial charge is 0.194 e. The second kappa shape index (κ2) is 5.18. The lowest BCUT2D eigenvalue weighted by molar-refractivity contribution is 0.438. The Hall–Kier alpha value is -2.40. The number of nitrogens with zero attached hydrogens (tertiary/aromatic N) is 1. The van der Waals surface area contributed by atoms with Crippen LogP contribution in [0.2, 0.25) is 0 Å². The molecule has 2 aromatic carbocycles. The van der Waals surface area contributed by atoms with E-state index in [0.29, 0.717) is 5.56 Å². The van der Waals surface area contributed by atoms with Crippen LogP contribution >= 0.6 is 0 Å². The Labute approximate surface area is 119 Å². The Balaban J connectivity index is 2.17. The van der Waals surface area contributed by atoms with E-state index in [-0.39, 0.29) is 5.56 Å². The van der Waals surface area contributed by atoms with E-state index in [0.717, 1.165) is 22.9 Å². The Bertz CT molecular complexity index is 812. The first kappa shape index (κ1) is 13.6. The summed E-state index contributed by atoms with van der Waals surface area (Å²) in [5.41, 5.74) is 6.48. The molecule has 2 N–H and O–H groups in total. The number of fused-ring (bicyclic) bond motifs is 1. The van der Waals surface area contributed by atoms with Crippen molar-refractivity contribution in [1.29, 1.82) is 0 Å². The summed E-state index contributed by atoms with van der Waals surface area (Å²) in [6, 6.07) is 8.42. The van der Waals surface area contributed by atoms with Gasteiger partial charge in [0.15, 0.2) is 17.5 Å². The molecule has 1 atom stereocenters. The van der Waals surface area contributed by atoms with Gasteiger partial charge >= 0.3 is 0 Å². The van der Waals surface area contributed by atoms with Gasteiger partial charge in [-0.05, 0) is 17.0 Å². The maximum Gasteiger partial charge on any atom is 0.194 e. The molecule has 106 valence electrons. The summed E-state index contributed by atoms with van der Waals surface area (Å²) < 4.78 is 40.3. The minimum atomic E-state index is -1.52. The lowest BCUT2D eigenvalue weighted by Crippen LogP contribution is -2.15. The van der Waals surface area contributed by atoms with Gasteiger partial charge in [-0.15, -0.1) is 0 Å². The lowest BCUT2D eigenvalue weighted by Gasteiger charge is -2.16. The van der Waals surface area contributed by atoms with E-state index in [1.807, 2.05) is 24.3 Å². The fraction of sp³-hybridized carbons (Fsp3) is 0.0625. The Morgan fingerprint density at radius 1 is 0.857 bits per heavy atom. The third kappa shape index (κ3) is 2.25. The summed E-state index contributed by atoms with van der Waals surface area (Å²) in [4.78, 5) is 4.06. The van der Waals surface area contributed by atoms with Gasteiger partial charge in [0.2, 0.25) is 0 Å². The maximum absolute atomic E-state index is 13.9. The Morgan fingerprint density at radius 2 is 1.62 bits per heavy atom. The third-order valence-corrected chi connectivity index (χ3v) is 3.43. The molecule has 0 aliphatic rings. The minimum Gasteiger partial charge on any atom is -0.320 e. The van der Waals surface area contributed by atoms with E-state index in [9.17, 15) is 13.2 Å². The average molecular weight is 288 g/mol. The molecule has 1 aromatic heterocycles. The Kier molecular flexibility index (Phi) is 3.35. The van der Waals surface area contributed by atoms with E-state index in [4.69, 9.17) is 5.73 Å². The summed E-state index contributed by atoms with van der Waals surface area (Å²) in [7, 11) is 0. The minimum absolute atomic E-state index is 0.105. The van der Waals surface area contributed by atoms with E-state index in [1.165, 1.54) is 6.20 Å². The van der Waals surface area contributed by atoms with Crippen molar-refractivity contribution in [1.82, 2.24) is 4.98 Å². The van der Waals surface area contributed by atoms with Crippen LogP contribution in [0.25, 0.3) is 10.8 Å². The third-order valence-electron chi connectivity index (χ3n) is 3.43. The van der Waals surface area contributed by atoms with Crippen LogP contribution in [0.15, 0.2) is 48.8 Å². The zero-order valence-electron chi connectivity index (χ0n) is 10.9. The standard InChI is InChI=1S/C16H11F3N2/c17-13-6-5-11(14(18)15(13)19)16(20)12-8-21-7-9-3-1-2-4-10(9)12/h1-8,16H,20H2. The fourth-order valence-corrected chi connectivity index (χ4v) is 2.34. The van der Waals surface area contributed by atoms with E-state index >= 15 is 0 Å². The molecule has 0 aliphatic carbocycles. The van der Waals surface area contributed by atoms with Gasteiger partial charge in [-0.1, -0.05) is 30.3 Å². The number of benzene rings is 2. The van der Waals surface area contributed by atoms with Crippen LogP contribution in [0.1, 0.15) is 17.2 Å². The molecule has 1 unspecified atom stereocenters.